The zero-order valence-electron chi connectivity index (χ0n) is 21.2. The number of hydrogen-bond donors (Lipinski definition) is 1. The number of carbonyl (C=O) groups excluding carboxylic acids is 1. The van der Waals surface area contributed by atoms with Crippen molar-refractivity contribution in [2.75, 3.05) is 36.7 Å². The molecular formula is C28H30FNO7S. The van der Waals surface area contributed by atoms with E-state index in [4.69, 9.17) is 14.2 Å². The predicted octanol–water partition coefficient (Wildman–Crippen LogP) is 3.86. The van der Waals surface area contributed by atoms with Crippen LogP contribution in [0.25, 0.3) is 11.1 Å². The van der Waals surface area contributed by atoms with E-state index in [-0.39, 0.29) is 29.8 Å². The van der Waals surface area contributed by atoms with E-state index in [0.29, 0.717) is 35.9 Å². The number of benzene rings is 3. The van der Waals surface area contributed by atoms with Crippen LogP contribution >= 0.6 is 0 Å². The minimum absolute atomic E-state index is 0.0587. The molecule has 2 atom stereocenters. The number of ether oxygens (including phenoxy) is 3. The fourth-order valence-electron chi connectivity index (χ4n) is 4.17. The van der Waals surface area contributed by atoms with Crippen molar-refractivity contribution in [3.8, 4) is 28.4 Å². The lowest BCUT2D eigenvalue weighted by atomic mass is 10.1. The molecule has 10 heteroatoms. The van der Waals surface area contributed by atoms with Gasteiger partial charge in [-0.25, -0.2) is 12.8 Å². The van der Waals surface area contributed by atoms with Crippen molar-refractivity contribution < 1.29 is 36.9 Å². The lowest BCUT2D eigenvalue weighted by Gasteiger charge is -2.20. The van der Waals surface area contributed by atoms with E-state index >= 15 is 0 Å². The molecule has 1 N–H and O–H groups in total. The molecule has 4 rings (SSSR count). The maximum Gasteiger partial charge on any atom is 0.268 e. The molecule has 1 saturated heterocycles. The second kappa shape index (κ2) is 11.8. The van der Waals surface area contributed by atoms with Crippen LogP contribution in [0, 0.1) is 5.82 Å². The van der Waals surface area contributed by atoms with Crippen molar-refractivity contribution in [2.45, 2.75) is 25.6 Å². The first-order valence-corrected chi connectivity index (χ1v) is 14.0. The first-order valence-electron chi connectivity index (χ1n) is 12.2. The second-order valence-electron chi connectivity index (χ2n) is 8.92. The van der Waals surface area contributed by atoms with E-state index in [1.807, 2.05) is 18.2 Å². The molecule has 0 saturated carbocycles. The normalized spacial score (nSPS) is 16.4. The summed E-state index contributed by atoms with van der Waals surface area (Å²) in [7, 11) is -1.88. The number of nitrogens with zero attached hydrogens (tertiary/aromatic N) is 1. The lowest BCUT2D eigenvalue weighted by molar-refractivity contribution is -0.122. The molecule has 202 valence electrons. The third-order valence-corrected chi connectivity index (χ3v) is 8.00. The highest BCUT2D eigenvalue weighted by Gasteiger charge is 2.34. The van der Waals surface area contributed by atoms with Crippen molar-refractivity contribution in [3.05, 3.63) is 72.5 Å². The highest BCUT2D eigenvalue weighted by atomic mass is 32.2. The molecule has 1 aliphatic rings. The standard InChI is InChI=1S/C28H30FNO7S/c1-3-38(33,34)18-23(31)17-36-25-12-9-22(16-27(25)35-2)30-14-13-26(28(30)32)37-24-10-7-19(8-11-24)20-5-4-6-21(29)15-20/h4-12,15-16,23,26,31H,3,13-14,17-18H2,1-2H3/t23-,26?/m0/s1. The predicted molar refractivity (Wildman–Crippen MR) is 142 cm³/mol. The Morgan fingerprint density at radius 2 is 1.82 bits per heavy atom. The SMILES string of the molecule is CCS(=O)(=O)C[C@@H](O)COc1ccc(N2CCC(Oc3ccc(-c4cccc(F)c4)cc3)C2=O)cc1OC. The van der Waals surface area contributed by atoms with Gasteiger partial charge in [-0.1, -0.05) is 31.2 Å². The maximum absolute atomic E-state index is 13.5. The van der Waals surface area contributed by atoms with E-state index in [9.17, 15) is 22.7 Å². The molecule has 8 nitrogen and oxygen atoms in total. The summed E-state index contributed by atoms with van der Waals surface area (Å²) in [4.78, 5) is 14.7. The quantitative estimate of drug-likeness (QED) is 0.392. The zero-order chi connectivity index (χ0) is 27.3. The molecule has 1 aliphatic heterocycles. The third-order valence-electron chi connectivity index (χ3n) is 6.22. The Morgan fingerprint density at radius 1 is 1.05 bits per heavy atom. The summed E-state index contributed by atoms with van der Waals surface area (Å²) in [5.41, 5.74) is 2.19. The summed E-state index contributed by atoms with van der Waals surface area (Å²) >= 11 is 0. The van der Waals surface area contributed by atoms with E-state index in [0.717, 1.165) is 11.1 Å². The van der Waals surface area contributed by atoms with Gasteiger partial charge in [0, 0.05) is 30.5 Å². The molecule has 1 heterocycles. The fraction of sp³-hybridized carbons (Fsp3) is 0.321. The minimum Gasteiger partial charge on any atom is -0.493 e. The number of aliphatic hydroxyl groups is 1. The molecule has 3 aromatic carbocycles. The number of carbonyl (C=O) groups is 1. The summed E-state index contributed by atoms with van der Waals surface area (Å²) in [5, 5.41) is 10.0. The molecule has 38 heavy (non-hydrogen) atoms. The molecule has 1 amide bonds. The zero-order valence-corrected chi connectivity index (χ0v) is 22.0. The Balaban J connectivity index is 1.38. The van der Waals surface area contributed by atoms with Crippen molar-refractivity contribution in [1.29, 1.82) is 0 Å². The summed E-state index contributed by atoms with van der Waals surface area (Å²) in [5.74, 6) is 0.249. The van der Waals surface area contributed by atoms with Crippen LogP contribution in [0.1, 0.15) is 13.3 Å². The van der Waals surface area contributed by atoms with Gasteiger partial charge >= 0.3 is 0 Å². The Labute approximate surface area is 221 Å². The first kappa shape index (κ1) is 27.4. The van der Waals surface area contributed by atoms with Crippen LogP contribution in [-0.2, 0) is 14.6 Å². The van der Waals surface area contributed by atoms with Gasteiger partial charge in [0.2, 0.25) is 0 Å². The average Bonchev–Trinajstić information content (AvgIpc) is 3.27. The van der Waals surface area contributed by atoms with Crippen LogP contribution in [0.4, 0.5) is 10.1 Å². The lowest BCUT2D eigenvalue weighted by Crippen LogP contribution is -2.32. The summed E-state index contributed by atoms with van der Waals surface area (Å²) in [6.45, 7) is 1.75. The number of rotatable bonds is 11. The Bertz CT molecular complexity index is 1380. The van der Waals surface area contributed by atoms with Crippen LogP contribution < -0.4 is 19.1 Å². The molecule has 0 aromatic heterocycles. The Kier molecular flexibility index (Phi) is 8.53. The molecule has 0 aliphatic carbocycles. The number of anilines is 1. The van der Waals surface area contributed by atoms with Gasteiger partial charge in [-0.05, 0) is 47.5 Å². The number of aliphatic hydroxyl groups excluding tert-OH is 1. The molecular weight excluding hydrogens is 513 g/mol. The average molecular weight is 544 g/mol. The maximum atomic E-state index is 13.5. The Morgan fingerprint density at radius 3 is 2.50 bits per heavy atom. The highest BCUT2D eigenvalue weighted by molar-refractivity contribution is 7.91. The number of amides is 1. The fourth-order valence-corrected chi connectivity index (χ4v) is 5.08. The second-order valence-corrected chi connectivity index (χ2v) is 11.3. The van der Waals surface area contributed by atoms with Crippen molar-refractivity contribution in [3.63, 3.8) is 0 Å². The van der Waals surface area contributed by atoms with Crippen LogP contribution in [0.15, 0.2) is 66.7 Å². The monoisotopic (exact) mass is 543 g/mol. The summed E-state index contributed by atoms with van der Waals surface area (Å²) in [6, 6.07) is 18.4. The van der Waals surface area contributed by atoms with Crippen molar-refractivity contribution >= 4 is 21.4 Å². The Hall–Kier alpha value is -3.63. The van der Waals surface area contributed by atoms with E-state index in [2.05, 4.69) is 0 Å². The van der Waals surface area contributed by atoms with E-state index < -0.39 is 22.0 Å². The number of sulfone groups is 1. The molecule has 0 bridgehead atoms. The van der Waals surface area contributed by atoms with E-state index in [1.165, 1.54) is 26.2 Å². The summed E-state index contributed by atoms with van der Waals surface area (Å²) < 4.78 is 53.8. The van der Waals surface area contributed by atoms with Crippen LogP contribution in [0.3, 0.4) is 0 Å². The van der Waals surface area contributed by atoms with Gasteiger partial charge in [-0.2, -0.15) is 0 Å². The number of halogens is 1. The third kappa shape index (κ3) is 6.62. The molecule has 3 aromatic rings. The topological polar surface area (TPSA) is 102 Å². The van der Waals surface area contributed by atoms with Crippen molar-refractivity contribution in [2.24, 2.45) is 0 Å². The number of methoxy groups -OCH3 is 1. The molecule has 1 fully saturated rings. The highest BCUT2D eigenvalue weighted by Crippen LogP contribution is 2.34. The van der Waals surface area contributed by atoms with Crippen LogP contribution in [-0.4, -0.2) is 63.4 Å². The molecule has 1 unspecified atom stereocenters. The van der Waals surface area contributed by atoms with Crippen LogP contribution in [0.2, 0.25) is 0 Å². The van der Waals surface area contributed by atoms with Gasteiger partial charge in [0.15, 0.2) is 27.4 Å². The van der Waals surface area contributed by atoms with Crippen molar-refractivity contribution in [1.82, 2.24) is 0 Å². The minimum atomic E-state index is -3.34. The summed E-state index contributed by atoms with van der Waals surface area (Å²) in [6.07, 6.45) is -1.35. The number of hydrogen-bond acceptors (Lipinski definition) is 7. The first-order chi connectivity index (χ1) is 18.2. The smallest absolute Gasteiger partial charge is 0.268 e. The molecule has 0 radical (unpaired) electrons. The van der Waals surface area contributed by atoms with Gasteiger partial charge in [0.05, 0.1) is 12.9 Å². The van der Waals surface area contributed by atoms with Crippen LogP contribution in [0.5, 0.6) is 17.2 Å². The largest absolute Gasteiger partial charge is 0.493 e. The van der Waals surface area contributed by atoms with Gasteiger partial charge < -0.3 is 24.2 Å². The van der Waals surface area contributed by atoms with Gasteiger partial charge in [0.25, 0.3) is 5.91 Å². The van der Waals surface area contributed by atoms with Gasteiger partial charge in [-0.15, -0.1) is 0 Å². The van der Waals surface area contributed by atoms with E-state index in [1.54, 1.807) is 41.3 Å². The van der Waals surface area contributed by atoms with Gasteiger partial charge in [0.1, 0.15) is 24.3 Å². The molecule has 0 spiro atoms. The van der Waals surface area contributed by atoms with Gasteiger partial charge in [-0.3, -0.25) is 4.79 Å².